The van der Waals surface area contributed by atoms with Crippen LogP contribution in [0.4, 0.5) is 0 Å². The van der Waals surface area contributed by atoms with Crippen LogP contribution in [0.25, 0.3) is 0 Å². The lowest BCUT2D eigenvalue weighted by Gasteiger charge is -2.20. The number of hydrogen-bond donors (Lipinski definition) is 4. The highest BCUT2D eigenvalue weighted by Gasteiger charge is 2.22. The van der Waals surface area contributed by atoms with Crippen LogP contribution in [0, 0.1) is 0 Å². The molecule has 2 heterocycles. The van der Waals surface area contributed by atoms with Gasteiger partial charge in [-0.2, -0.15) is 0 Å². The highest BCUT2D eigenvalue weighted by molar-refractivity contribution is 7.09. The van der Waals surface area contributed by atoms with E-state index in [9.17, 15) is 34.2 Å². The van der Waals surface area contributed by atoms with Crippen molar-refractivity contribution in [1.29, 1.82) is 0 Å². The molecule has 318 valence electrons. The maximum atomic E-state index is 13.1. The Balaban J connectivity index is 1.11. The van der Waals surface area contributed by atoms with Crippen molar-refractivity contribution in [3.8, 4) is 34.8 Å². The third-order valence-corrected chi connectivity index (χ3v) is 10.7. The van der Waals surface area contributed by atoms with Crippen molar-refractivity contribution < 1.29 is 58.2 Å². The lowest BCUT2D eigenvalue weighted by molar-refractivity contribution is -0.153. The topological polar surface area (TPSA) is 222 Å². The van der Waals surface area contributed by atoms with Gasteiger partial charge in [0, 0.05) is 19.8 Å². The predicted octanol–water partition coefficient (Wildman–Crippen LogP) is 6.31. The molecule has 2 unspecified atom stereocenters. The molecule has 0 saturated heterocycles. The Hall–Kier alpha value is -7.05. The van der Waals surface area contributed by atoms with E-state index < -0.39 is 47.3 Å². The van der Waals surface area contributed by atoms with Crippen molar-refractivity contribution in [2.24, 2.45) is 0 Å². The van der Waals surface area contributed by atoms with Crippen LogP contribution in [0.3, 0.4) is 0 Å². The van der Waals surface area contributed by atoms with Crippen LogP contribution in [0.5, 0.6) is 34.8 Å². The zero-order chi connectivity index (χ0) is 43.5. The van der Waals surface area contributed by atoms with Gasteiger partial charge in [-0.1, -0.05) is 75.9 Å². The normalized spacial score (nSPS) is 11.9. The van der Waals surface area contributed by atoms with E-state index in [1.54, 1.807) is 92.0 Å². The van der Waals surface area contributed by atoms with E-state index in [0.29, 0.717) is 44.6 Å². The summed E-state index contributed by atoms with van der Waals surface area (Å²) in [4.78, 5) is 68.2. The number of ether oxygens (including phenoxy) is 5. The third-order valence-electron chi connectivity index (χ3n) is 8.91. The van der Waals surface area contributed by atoms with E-state index in [1.807, 2.05) is 0 Å². The second kappa shape index (κ2) is 20.3. The number of thiazole rings is 2. The molecule has 18 heteroatoms. The number of carboxylic acids is 1. The van der Waals surface area contributed by atoms with E-state index in [-0.39, 0.29) is 42.6 Å². The van der Waals surface area contributed by atoms with Gasteiger partial charge in [0.15, 0.2) is 18.0 Å². The molecular formula is C43H40N2O14S2. The first kappa shape index (κ1) is 43.5. The molecule has 0 aliphatic rings. The number of aromatic nitrogens is 2. The summed E-state index contributed by atoms with van der Waals surface area (Å²) in [7, 11) is 1.54. The number of H-pyrrole nitrogens is 1. The molecule has 61 heavy (non-hydrogen) atoms. The third kappa shape index (κ3) is 12.2. The van der Waals surface area contributed by atoms with Gasteiger partial charge in [-0.3, -0.25) is 29.0 Å². The number of aliphatic carboxylic acids is 1. The Bertz CT molecular complexity index is 2580. The molecule has 0 spiro atoms. The van der Waals surface area contributed by atoms with Crippen LogP contribution in [0.15, 0.2) is 107 Å². The summed E-state index contributed by atoms with van der Waals surface area (Å²) in [6.07, 6.45) is -2.04. The van der Waals surface area contributed by atoms with Crippen molar-refractivity contribution in [3.63, 3.8) is 0 Å². The van der Waals surface area contributed by atoms with Gasteiger partial charge in [0.25, 0.3) is 0 Å². The smallest absolute Gasteiger partial charge is 0.344 e. The number of nitrogens with zero attached hydrogens (tertiary/aromatic N) is 1. The van der Waals surface area contributed by atoms with Crippen LogP contribution in [-0.2, 0) is 36.7 Å². The number of benzene rings is 4. The molecule has 2 aromatic heterocycles. The van der Waals surface area contributed by atoms with Gasteiger partial charge in [0.2, 0.25) is 11.8 Å². The number of carbonyl (C=O) groups is 3. The van der Waals surface area contributed by atoms with E-state index >= 15 is 0 Å². The lowest BCUT2D eigenvalue weighted by Crippen LogP contribution is -2.20. The fraction of sp³-hybridized carbons (Fsp3) is 0.233. The van der Waals surface area contributed by atoms with E-state index in [0.717, 1.165) is 38.5 Å². The Morgan fingerprint density at radius 1 is 0.705 bits per heavy atom. The predicted molar refractivity (Wildman–Crippen MR) is 222 cm³/mol. The van der Waals surface area contributed by atoms with Gasteiger partial charge in [0.1, 0.15) is 30.5 Å². The molecule has 0 saturated carbocycles. The maximum absolute atomic E-state index is 13.1. The molecule has 0 aliphatic carbocycles. The van der Waals surface area contributed by atoms with Crippen LogP contribution in [0.2, 0.25) is 0 Å². The van der Waals surface area contributed by atoms with Crippen LogP contribution in [0.1, 0.15) is 64.0 Å². The summed E-state index contributed by atoms with van der Waals surface area (Å²) in [5.41, 5.74) is 2.65. The van der Waals surface area contributed by atoms with Gasteiger partial charge < -0.3 is 43.8 Å². The monoisotopic (exact) mass is 872 g/mol. The SMILES string of the molecule is COc1cccc(C(COc2ccc(Cc3sc(=O)n(Oc4cccc(C(COc5ccc(Cc6sc(=O)[nH]c6O)cc5)OC(=O)CCC(=O)O)c4)c3O)cc2)OC(C)=O)c1. The number of nitrogens with one attached hydrogen (secondary N) is 1. The van der Waals surface area contributed by atoms with Crippen LogP contribution in [-0.4, -0.2) is 63.3 Å². The zero-order valence-electron chi connectivity index (χ0n) is 32.7. The molecule has 2 atom stereocenters. The molecular weight excluding hydrogens is 833 g/mol. The number of aromatic amines is 1. The van der Waals surface area contributed by atoms with E-state index in [4.69, 9.17) is 33.6 Å². The number of carbonyl (C=O) groups excluding carboxylic acids is 2. The Morgan fingerprint density at radius 2 is 1.26 bits per heavy atom. The largest absolute Gasteiger partial charge is 0.497 e. The molecule has 0 radical (unpaired) electrons. The molecule has 6 aromatic rings. The van der Waals surface area contributed by atoms with Crippen LogP contribution >= 0.6 is 22.7 Å². The van der Waals surface area contributed by atoms with Gasteiger partial charge in [0.05, 0.1) is 29.7 Å². The number of hydrogen-bond acceptors (Lipinski definition) is 15. The average Bonchev–Trinajstić information content (AvgIpc) is 3.70. The summed E-state index contributed by atoms with van der Waals surface area (Å²) in [6, 6.07) is 27.2. The number of aromatic hydroxyl groups is 2. The molecule has 6 rings (SSSR count). The first-order valence-corrected chi connectivity index (χ1v) is 20.3. The van der Waals surface area contributed by atoms with Crippen molar-refractivity contribution >= 4 is 40.6 Å². The van der Waals surface area contributed by atoms with Crippen molar-refractivity contribution in [3.05, 3.63) is 148 Å². The van der Waals surface area contributed by atoms with E-state index in [2.05, 4.69) is 4.98 Å². The Morgan fingerprint density at radius 3 is 1.80 bits per heavy atom. The molecule has 0 aliphatic heterocycles. The quantitative estimate of drug-likeness (QED) is 0.0618. The molecule has 4 aromatic carbocycles. The van der Waals surface area contributed by atoms with Gasteiger partial charge in [-0.25, -0.2) is 0 Å². The number of methoxy groups -OCH3 is 1. The lowest BCUT2D eigenvalue weighted by atomic mass is 10.1. The van der Waals surface area contributed by atoms with Crippen molar-refractivity contribution in [2.75, 3.05) is 20.3 Å². The minimum absolute atomic E-state index is 0.0417. The number of esters is 2. The first-order valence-electron chi connectivity index (χ1n) is 18.6. The highest BCUT2D eigenvalue weighted by atomic mass is 32.1. The fourth-order valence-electron chi connectivity index (χ4n) is 5.92. The van der Waals surface area contributed by atoms with Crippen LogP contribution < -0.4 is 28.8 Å². The van der Waals surface area contributed by atoms with Crippen molar-refractivity contribution in [2.45, 2.75) is 44.8 Å². The summed E-state index contributed by atoms with van der Waals surface area (Å²) in [5, 5.41) is 30.1. The van der Waals surface area contributed by atoms with Gasteiger partial charge in [-0.15, -0.1) is 0 Å². The van der Waals surface area contributed by atoms with E-state index in [1.165, 1.54) is 19.1 Å². The maximum Gasteiger partial charge on any atom is 0.344 e. The first-order chi connectivity index (χ1) is 29.3. The Kier molecular flexibility index (Phi) is 14.5. The number of rotatable bonds is 20. The van der Waals surface area contributed by atoms with Crippen molar-refractivity contribution in [1.82, 2.24) is 9.71 Å². The summed E-state index contributed by atoms with van der Waals surface area (Å²) < 4.78 is 29.0. The summed E-state index contributed by atoms with van der Waals surface area (Å²) in [6.45, 7) is 1.17. The van der Waals surface area contributed by atoms with Gasteiger partial charge in [-0.05, 0) is 70.8 Å². The second-order valence-electron chi connectivity index (χ2n) is 13.4. The molecule has 16 nitrogen and oxygen atoms in total. The minimum Gasteiger partial charge on any atom is -0.497 e. The fourth-order valence-corrected chi connectivity index (χ4v) is 7.51. The highest BCUT2D eigenvalue weighted by Crippen LogP contribution is 2.30. The minimum atomic E-state index is -1.17. The molecule has 0 amide bonds. The average molecular weight is 873 g/mol. The summed E-state index contributed by atoms with van der Waals surface area (Å²) >= 11 is 1.70. The summed E-state index contributed by atoms with van der Waals surface area (Å²) in [5.74, 6) is -1.36. The second-order valence-corrected chi connectivity index (χ2v) is 15.5. The van der Waals surface area contributed by atoms with Gasteiger partial charge >= 0.3 is 27.7 Å². The molecule has 0 bridgehead atoms. The number of carboxylic acid groups (broad SMARTS) is 1. The zero-order valence-corrected chi connectivity index (χ0v) is 34.4. The standard InChI is InChI=1S/C43H40N2O14S2/c1-25(46)57-34(28-5-3-7-32(21-28)54-2)23-55-30-15-11-27(12-16-30)20-37-41(51)45(43(53)61-37)59-33-8-4-6-29(22-33)35(58-39(49)18-17-38(47)48)24-56-31-13-9-26(10-14-31)19-36-40(50)44-42(52)60-36/h3-16,21-22,34-35,50-51H,17-20,23-24H2,1-2H3,(H,44,52)(H,47,48). The Labute approximate surface area is 355 Å². The molecule has 4 N–H and O–H groups in total. The molecule has 0 fully saturated rings.